The number of esters is 1. The monoisotopic (exact) mass is 282 g/mol. The number of benzene rings is 1. The highest BCUT2D eigenvalue weighted by Crippen LogP contribution is 2.39. The Hall–Kier alpha value is -1.52. The SMILES string of the molecule is CCOC(=O)c1csc(-c2cccc(Cl)c2)c1O. The summed E-state index contributed by atoms with van der Waals surface area (Å²) in [6.07, 6.45) is 0. The lowest BCUT2D eigenvalue weighted by Gasteiger charge is -2.02. The third-order valence-electron chi connectivity index (χ3n) is 2.35. The summed E-state index contributed by atoms with van der Waals surface area (Å²) in [5.74, 6) is -0.569. The van der Waals surface area contributed by atoms with E-state index in [9.17, 15) is 9.90 Å². The third-order valence-corrected chi connectivity index (χ3v) is 3.60. The molecule has 0 unspecified atom stereocenters. The van der Waals surface area contributed by atoms with E-state index in [0.717, 1.165) is 5.56 Å². The molecule has 1 aromatic carbocycles. The van der Waals surface area contributed by atoms with Crippen LogP contribution in [-0.2, 0) is 4.74 Å². The molecule has 0 aliphatic rings. The van der Waals surface area contributed by atoms with Crippen molar-refractivity contribution in [1.82, 2.24) is 0 Å². The lowest BCUT2D eigenvalue weighted by Crippen LogP contribution is -2.03. The zero-order valence-electron chi connectivity index (χ0n) is 9.64. The van der Waals surface area contributed by atoms with Gasteiger partial charge in [-0.1, -0.05) is 23.7 Å². The minimum absolute atomic E-state index is 0.0549. The fourth-order valence-corrected chi connectivity index (χ4v) is 2.66. The van der Waals surface area contributed by atoms with Crippen molar-refractivity contribution < 1.29 is 14.6 Å². The molecule has 0 saturated carbocycles. The molecule has 0 atom stereocenters. The molecule has 0 saturated heterocycles. The molecule has 94 valence electrons. The van der Waals surface area contributed by atoms with Crippen molar-refractivity contribution in [1.29, 1.82) is 0 Å². The highest BCUT2D eigenvalue weighted by molar-refractivity contribution is 7.14. The minimum atomic E-state index is -0.514. The fourth-order valence-electron chi connectivity index (χ4n) is 1.54. The van der Waals surface area contributed by atoms with Crippen LogP contribution in [0.1, 0.15) is 17.3 Å². The first-order chi connectivity index (χ1) is 8.63. The summed E-state index contributed by atoms with van der Waals surface area (Å²) in [6, 6.07) is 7.11. The first kappa shape index (κ1) is 12.9. The number of hydrogen-bond donors (Lipinski definition) is 1. The highest BCUT2D eigenvalue weighted by Gasteiger charge is 2.19. The van der Waals surface area contributed by atoms with Gasteiger partial charge in [-0.15, -0.1) is 11.3 Å². The zero-order chi connectivity index (χ0) is 13.1. The molecule has 2 rings (SSSR count). The molecule has 1 heterocycles. The molecule has 1 N–H and O–H groups in total. The lowest BCUT2D eigenvalue weighted by molar-refractivity contribution is 0.0524. The van der Waals surface area contributed by atoms with Gasteiger partial charge in [0.1, 0.15) is 11.3 Å². The second-order valence-electron chi connectivity index (χ2n) is 3.56. The summed E-state index contributed by atoms with van der Waals surface area (Å²) in [6.45, 7) is 2.00. The maximum atomic E-state index is 11.6. The lowest BCUT2D eigenvalue weighted by atomic mass is 10.1. The van der Waals surface area contributed by atoms with E-state index >= 15 is 0 Å². The van der Waals surface area contributed by atoms with Crippen LogP contribution in [0.5, 0.6) is 5.75 Å². The van der Waals surface area contributed by atoms with Gasteiger partial charge in [0.15, 0.2) is 0 Å². The van der Waals surface area contributed by atoms with E-state index in [1.807, 2.05) is 6.07 Å². The van der Waals surface area contributed by atoms with Crippen LogP contribution in [0.15, 0.2) is 29.6 Å². The van der Waals surface area contributed by atoms with Crippen molar-refractivity contribution in [3.05, 3.63) is 40.2 Å². The normalized spacial score (nSPS) is 10.3. The zero-order valence-corrected chi connectivity index (χ0v) is 11.2. The topological polar surface area (TPSA) is 46.5 Å². The second kappa shape index (κ2) is 5.42. The quantitative estimate of drug-likeness (QED) is 0.867. The van der Waals surface area contributed by atoms with E-state index in [2.05, 4.69) is 0 Å². The van der Waals surface area contributed by atoms with Gasteiger partial charge in [-0.25, -0.2) is 4.79 Å². The largest absolute Gasteiger partial charge is 0.506 e. The number of thiophene rings is 1. The molecule has 0 amide bonds. The maximum Gasteiger partial charge on any atom is 0.342 e. The predicted molar refractivity (Wildman–Crippen MR) is 72.4 cm³/mol. The third kappa shape index (κ3) is 2.49. The van der Waals surface area contributed by atoms with Gasteiger partial charge in [0.2, 0.25) is 0 Å². The number of aromatic hydroxyl groups is 1. The molecule has 0 aliphatic carbocycles. The molecule has 18 heavy (non-hydrogen) atoms. The maximum absolute atomic E-state index is 11.6. The van der Waals surface area contributed by atoms with Crippen molar-refractivity contribution in [3.8, 4) is 16.2 Å². The highest BCUT2D eigenvalue weighted by atomic mass is 35.5. The predicted octanol–water partition coefficient (Wildman–Crippen LogP) is 3.95. The number of carbonyl (C=O) groups is 1. The summed E-state index contributed by atoms with van der Waals surface area (Å²) in [5, 5.41) is 12.2. The van der Waals surface area contributed by atoms with Crippen LogP contribution in [0, 0.1) is 0 Å². The molecular formula is C13H11ClO3S. The van der Waals surface area contributed by atoms with Crippen LogP contribution >= 0.6 is 22.9 Å². The summed E-state index contributed by atoms with van der Waals surface area (Å²) in [5.41, 5.74) is 0.970. The van der Waals surface area contributed by atoms with Crippen LogP contribution in [0.2, 0.25) is 5.02 Å². The first-order valence-electron chi connectivity index (χ1n) is 5.37. The van der Waals surface area contributed by atoms with Crippen LogP contribution in [0.25, 0.3) is 10.4 Å². The average Bonchev–Trinajstić information content (AvgIpc) is 2.71. The fraction of sp³-hybridized carbons (Fsp3) is 0.154. The van der Waals surface area contributed by atoms with Crippen LogP contribution in [0.4, 0.5) is 0 Å². The summed E-state index contributed by atoms with van der Waals surface area (Å²) >= 11 is 7.18. The van der Waals surface area contributed by atoms with Gasteiger partial charge in [-0.05, 0) is 24.6 Å². The first-order valence-corrected chi connectivity index (χ1v) is 6.62. The van der Waals surface area contributed by atoms with Crippen LogP contribution < -0.4 is 0 Å². The van der Waals surface area contributed by atoms with E-state index < -0.39 is 5.97 Å². The van der Waals surface area contributed by atoms with Crippen molar-refractivity contribution in [2.45, 2.75) is 6.92 Å². The Bertz CT molecular complexity index is 577. The smallest absolute Gasteiger partial charge is 0.342 e. The Morgan fingerprint density at radius 3 is 2.94 bits per heavy atom. The summed E-state index contributed by atoms with van der Waals surface area (Å²) in [7, 11) is 0. The minimum Gasteiger partial charge on any atom is -0.506 e. The summed E-state index contributed by atoms with van der Waals surface area (Å²) < 4.78 is 4.86. The molecule has 5 heteroatoms. The summed E-state index contributed by atoms with van der Waals surface area (Å²) in [4.78, 5) is 12.2. The van der Waals surface area contributed by atoms with Gasteiger partial charge in [-0.2, -0.15) is 0 Å². The van der Waals surface area contributed by atoms with Gasteiger partial charge >= 0.3 is 5.97 Å². The molecular weight excluding hydrogens is 272 g/mol. The van der Waals surface area contributed by atoms with Gasteiger partial charge in [0, 0.05) is 10.4 Å². The van der Waals surface area contributed by atoms with Gasteiger partial charge in [0.25, 0.3) is 0 Å². The number of hydrogen-bond acceptors (Lipinski definition) is 4. The number of halogens is 1. The van der Waals surface area contributed by atoms with Gasteiger partial charge in [-0.3, -0.25) is 0 Å². The van der Waals surface area contributed by atoms with E-state index in [-0.39, 0.29) is 17.9 Å². The number of carbonyl (C=O) groups excluding carboxylic acids is 1. The Morgan fingerprint density at radius 2 is 2.28 bits per heavy atom. The standard InChI is InChI=1S/C13H11ClO3S/c1-2-17-13(16)10-7-18-12(11(10)15)8-4-3-5-9(14)6-8/h3-7,15H,2H2,1H3. The van der Waals surface area contributed by atoms with Crippen molar-refractivity contribution in [2.75, 3.05) is 6.61 Å². The molecule has 0 aliphatic heterocycles. The van der Waals surface area contributed by atoms with Crippen molar-refractivity contribution in [3.63, 3.8) is 0 Å². The van der Waals surface area contributed by atoms with Gasteiger partial charge < -0.3 is 9.84 Å². The average molecular weight is 283 g/mol. The molecule has 3 nitrogen and oxygen atoms in total. The van der Waals surface area contributed by atoms with Crippen LogP contribution in [-0.4, -0.2) is 17.7 Å². The molecule has 0 bridgehead atoms. The van der Waals surface area contributed by atoms with E-state index in [1.165, 1.54) is 11.3 Å². The molecule has 2 aromatic rings. The molecule has 1 aromatic heterocycles. The van der Waals surface area contributed by atoms with E-state index in [0.29, 0.717) is 9.90 Å². The Labute approximate surface area is 114 Å². The second-order valence-corrected chi connectivity index (χ2v) is 4.87. The van der Waals surface area contributed by atoms with Crippen molar-refractivity contribution >= 4 is 28.9 Å². The molecule has 0 spiro atoms. The van der Waals surface area contributed by atoms with Gasteiger partial charge in [0.05, 0.1) is 11.5 Å². The van der Waals surface area contributed by atoms with Crippen LogP contribution in [0.3, 0.4) is 0 Å². The Kier molecular flexibility index (Phi) is 3.89. The van der Waals surface area contributed by atoms with E-state index in [4.69, 9.17) is 16.3 Å². The molecule has 0 radical (unpaired) electrons. The van der Waals surface area contributed by atoms with Crippen molar-refractivity contribution in [2.24, 2.45) is 0 Å². The Morgan fingerprint density at radius 1 is 1.50 bits per heavy atom. The Balaban J connectivity index is 2.39. The molecule has 0 fully saturated rings. The number of rotatable bonds is 3. The number of ether oxygens (including phenoxy) is 1. The van der Waals surface area contributed by atoms with E-state index in [1.54, 1.807) is 30.5 Å².